The number of rotatable bonds is 6. The predicted octanol–water partition coefficient (Wildman–Crippen LogP) is 2.11. The molecule has 17 heavy (non-hydrogen) atoms. The summed E-state index contributed by atoms with van der Waals surface area (Å²) in [6, 6.07) is 1.60. The molecule has 0 saturated carbocycles. The van der Waals surface area contributed by atoms with E-state index in [1.807, 2.05) is 6.92 Å². The van der Waals surface area contributed by atoms with Crippen molar-refractivity contribution in [3.63, 3.8) is 0 Å². The highest BCUT2D eigenvalue weighted by atomic mass is 35.5. The normalized spacial score (nSPS) is 10.1. The van der Waals surface area contributed by atoms with Gasteiger partial charge in [-0.05, 0) is 13.0 Å². The monoisotopic (exact) mass is 276 g/mol. The van der Waals surface area contributed by atoms with Crippen molar-refractivity contribution in [3.8, 4) is 0 Å². The number of nitrogens with two attached hydrogens (primary N) is 1. The van der Waals surface area contributed by atoms with Gasteiger partial charge in [0, 0.05) is 19.5 Å². The molecule has 0 radical (unpaired) electrons. The van der Waals surface area contributed by atoms with E-state index in [9.17, 15) is 4.79 Å². The first kappa shape index (κ1) is 13.9. The maximum atomic E-state index is 10.6. The Morgan fingerprint density at radius 3 is 2.47 bits per heavy atom. The fourth-order valence-electron chi connectivity index (χ4n) is 1.19. The molecule has 5 nitrogen and oxygen atoms in total. The van der Waals surface area contributed by atoms with E-state index in [1.165, 1.54) is 0 Å². The largest absolute Gasteiger partial charge is 0.370 e. The molecule has 94 valence electrons. The van der Waals surface area contributed by atoms with Crippen LogP contribution in [-0.4, -0.2) is 24.0 Å². The molecular formula is C10H14Cl2N4O. The Morgan fingerprint density at radius 1 is 1.35 bits per heavy atom. The first-order chi connectivity index (χ1) is 8.04. The maximum absolute atomic E-state index is 10.6. The van der Waals surface area contributed by atoms with Crippen LogP contribution in [0.1, 0.15) is 13.3 Å². The number of anilines is 2. The van der Waals surface area contributed by atoms with Gasteiger partial charge in [0.2, 0.25) is 5.91 Å². The standard InChI is InChI=1S/C10H14Cl2N4O/c1-2-14-9-6(11)5-7(12)10(16-9)15-4-3-8(13)17/h5H,2-4H2,1H3,(H2,13,17)(H2,14,15,16). The number of nitrogens with one attached hydrogen (secondary N) is 2. The second kappa shape index (κ2) is 6.51. The molecule has 0 unspecified atom stereocenters. The summed E-state index contributed by atoms with van der Waals surface area (Å²) in [7, 11) is 0. The van der Waals surface area contributed by atoms with Crippen molar-refractivity contribution in [1.29, 1.82) is 0 Å². The van der Waals surface area contributed by atoms with Crippen molar-refractivity contribution in [2.75, 3.05) is 23.7 Å². The van der Waals surface area contributed by atoms with E-state index in [1.54, 1.807) is 6.07 Å². The molecule has 1 heterocycles. The summed E-state index contributed by atoms with van der Waals surface area (Å²) in [5.41, 5.74) is 5.03. The Kier molecular flexibility index (Phi) is 5.31. The number of carbonyl (C=O) groups is 1. The van der Waals surface area contributed by atoms with Crippen LogP contribution in [0.15, 0.2) is 6.07 Å². The summed E-state index contributed by atoms with van der Waals surface area (Å²) < 4.78 is 0. The topological polar surface area (TPSA) is 80.0 Å². The summed E-state index contributed by atoms with van der Waals surface area (Å²) in [6.45, 7) is 3.02. The van der Waals surface area contributed by atoms with Crippen LogP contribution in [0.25, 0.3) is 0 Å². The summed E-state index contributed by atoms with van der Waals surface area (Å²) in [6.07, 6.45) is 0.219. The summed E-state index contributed by atoms with van der Waals surface area (Å²) in [5, 5.41) is 6.80. The molecule has 0 atom stereocenters. The molecule has 0 bridgehead atoms. The van der Waals surface area contributed by atoms with Crippen molar-refractivity contribution in [1.82, 2.24) is 4.98 Å². The molecule has 7 heteroatoms. The van der Waals surface area contributed by atoms with Gasteiger partial charge in [-0.3, -0.25) is 4.79 Å². The zero-order valence-corrected chi connectivity index (χ0v) is 10.9. The third-order valence-electron chi connectivity index (χ3n) is 1.94. The number of nitrogens with zero attached hydrogens (tertiary/aromatic N) is 1. The molecule has 1 aromatic heterocycles. The smallest absolute Gasteiger partial charge is 0.219 e. The first-order valence-electron chi connectivity index (χ1n) is 5.16. The first-order valence-corrected chi connectivity index (χ1v) is 5.92. The maximum Gasteiger partial charge on any atom is 0.219 e. The van der Waals surface area contributed by atoms with Crippen molar-refractivity contribution < 1.29 is 4.79 Å². The van der Waals surface area contributed by atoms with E-state index in [0.29, 0.717) is 34.8 Å². The van der Waals surface area contributed by atoms with E-state index >= 15 is 0 Å². The lowest BCUT2D eigenvalue weighted by atomic mass is 10.4. The number of carbonyl (C=O) groups excluding carboxylic acids is 1. The van der Waals surface area contributed by atoms with Gasteiger partial charge in [0.15, 0.2) is 0 Å². The van der Waals surface area contributed by atoms with Crippen molar-refractivity contribution >= 4 is 40.7 Å². The minimum atomic E-state index is -0.380. The van der Waals surface area contributed by atoms with Crippen LogP contribution in [-0.2, 0) is 4.79 Å². The van der Waals surface area contributed by atoms with Crippen molar-refractivity contribution in [2.24, 2.45) is 5.73 Å². The molecule has 4 N–H and O–H groups in total. The molecule has 1 amide bonds. The van der Waals surface area contributed by atoms with E-state index in [0.717, 1.165) is 0 Å². The zero-order chi connectivity index (χ0) is 12.8. The van der Waals surface area contributed by atoms with Crippen molar-refractivity contribution in [2.45, 2.75) is 13.3 Å². The molecule has 0 aromatic carbocycles. The molecule has 0 spiro atoms. The predicted molar refractivity (Wildman–Crippen MR) is 70.7 cm³/mol. The minimum absolute atomic E-state index is 0.219. The van der Waals surface area contributed by atoms with Gasteiger partial charge in [-0.15, -0.1) is 0 Å². The van der Waals surface area contributed by atoms with Crippen LogP contribution in [0.2, 0.25) is 10.0 Å². The van der Waals surface area contributed by atoms with E-state index < -0.39 is 0 Å². The number of halogens is 2. The SMILES string of the molecule is CCNc1nc(NCCC(N)=O)c(Cl)cc1Cl. The van der Waals surface area contributed by atoms with Gasteiger partial charge in [-0.1, -0.05) is 23.2 Å². The zero-order valence-electron chi connectivity index (χ0n) is 9.39. The molecule has 0 aliphatic rings. The van der Waals surface area contributed by atoms with Gasteiger partial charge >= 0.3 is 0 Å². The Bertz CT molecular complexity index is 412. The second-order valence-corrected chi connectivity index (χ2v) is 4.14. The van der Waals surface area contributed by atoms with Gasteiger partial charge in [0.1, 0.15) is 11.6 Å². The van der Waals surface area contributed by atoms with Gasteiger partial charge < -0.3 is 16.4 Å². The number of amides is 1. The summed E-state index contributed by atoms with van der Waals surface area (Å²) >= 11 is 11.9. The number of hydrogen-bond donors (Lipinski definition) is 3. The number of pyridine rings is 1. The average molecular weight is 277 g/mol. The minimum Gasteiger partial charge on any atom is -0.370 e. The lowest BCUT2D eigenvalue weighted by molar-refractivity contribution is -0.117. The van der Waals surface area contributed by atoms with Crippen LogP contribution in [0.3, 0.4) is 0 Å². The molecule has 0 saturated heterocycles. The Labute approximate surface area is 110 Å². The van der Waals surface area contributed by atoms with Gasteiger partial charge in [-0.2, -0.15) is 0 Å². The lowest BCUT2D eigenvalue weighted by Gasteiger charge is -2.11. The van der Waals surface area contributed by atoms with Gasteiger partial charge in [0.05, 0.1) is 10.0 Å². The Hall–Kier alpha value is -1.20. The van der Waals surface area contributed by atoms with Gasteiger partial charge in [-0.25, -0.2) is 4.98 Å². The van der Waals surface area contributed by atoms with Crippen LogP contribution < -0.4 is 16.4 Å². The molecule has 0 aliphatic heterocycles. The quantitative estimate of drug-likeness (QED) is 0.744. The van der Waals surface area contributed by atoms with Gasteiger partial charge in [0.25, 0.3) is 0 Å². The van der Waals surface area contributed by atoms with Crippen molar-refractivity contribution in [3.05, 3.63) is 16.1 Å². The molecular weight excluding hydrogens is 263 g/mol. The van der Waals surface area contributed by atoms with Crippen LogP contribution >= 0.6 is 23.2 Å². The van der Waals surface area contributed by atoms with E-state index in [-0.39, 0.29) is 12.3 Å². The lowest BCUT2D eigenvalue weighted by Crippen LogP contribution is -2.16. The molecule has 0 aliphatic carbocycles. The van der Waals surface area contributed by atoms with Crippen LogP contribution in [0.5, 0.6) is 0 Å². The van der Waals surface area contributed by atoms with E-state index in [2.05, 4.69) is 15.6 Å². The highest BCUT2D eigenvalue weighted by molar-refractivity contribution is 6.37. The fraction of sp³-hybridized carbons (Fsp3) is 0.400. The number of primary amides is 1. The highest BCUT2D eigenvalue weighted by Crippen LogP contribution is 2.28. The molecule has 1 aromatic rings. The summed E-state index contributed by atoms with van der Waals surface area (Å²) in [5.74, 6) is 0.655. The number of hydrogen-bond acceptors (Lipinski definition) is 4. The average Bonchev–Trinajstić information content (AvgIpc) is 2.24. The van der Waals surface area contributed by atoms with Crippen LogP contribution in [0.4, 0.5) is 11.6 Å². The third-order valence-corrected chi connectivity index (χ3v) is 2.51. The number of aromatic nitrogens is 1. The van der Waals surface area contributed by atoms with Crippen LogP contribution in [0, 0.1) is 0 Å². The third kappa shape index (κ3) is 4.28. The summed E-state index contributed by atoms with van der Waals surface area (Å²) in [4.78, 5) is 14.8. The van der Waals surface area contributed by atoms with E-state index in [4.69, 9.17) is 28.9 Å². The Morgan fingerprint density at radius 2 is 1.94 bits per heavy atom. The molecule has 0 fully saturated rings. The molecule has 1 rings (SSSR count). The Balaban J connectivity index is 2.76. The second-order valence-electron chi connectivity index (χ2n) is 3.32. The fourth-order valence-corrected chi connectivity index (χ4v) is 1.68. The highest BCUT2D eigenvalue weighted by Gasteiger charge is 2.08.